The van der Waals surface area contributed by atoms with Crippen molar-refractivity contribution >= 4 is 29.6 Å². The quantitative estimate of drug-likeness (QED) is 0.617. The summed E-state index contributed by atoms with van der Waals surface area (Å²) in [5.74, 6) is 0.492. The largest absolute Gasteiger partial charge is 0.490 e. The van der Waals surface area contributed by atoms with Gasteiger partial charge in [0.25, 0.3) is 5.91 Å². The minimum Gasteiger partial charge on any atom is -0.490 e. The first-order chi connectivity index (χ1) is 10.9. The van der Waals surface area contributed by atoms with Crippen molar-refractivity contribution in [1.29, 1.82) is 0 Å². The van der Waals surface area contributed by atoms with Gasteiger partial charge in [0.15, 0.2) is 11.5 Å². The Morgan fingerprint density at radius 1 is 1.26 bits per heavy atom. The van der Waals surface area contributed by atoms with Crippen molar-refractivity contribution < 1.29 is 19.1 Å². The van der Waals surface area contributed by atoms with Crippen LogP contribution in [0.3, 0.4) is 0 Å². The van der Waals surface area contributed by atoms with Crippen molar-refractivity contribution in [3.63, 3.8) is 0 Å². The summed E-state index contributed by atoms with van der Waals surface area (Å²) in [6, 6.07) is 2.83. The van der Waals surface area contributed by atoms with Gasteiger partial charge in [0.1, 0.15) is 5.70 Å². The predicted octanol–water partition coefficient (Wildman–Crippen LogP) is 3.10. The Balaban J connectivity index is 2.37. The zero-order valence-electron chi connectivity index (χ0n) is 13.2. The molecule has 3 amide bonds. The number of imide groups is 1. The number of hydrogen-bond acceptors (Lipinski definition) is 4. The highest BCUT2D eigenvalue weighted by Crippen LogP contribution is 2.38. The van der Waals surface area contributed by atoms with Gasteiger partial charge in [-0.1, -0.05) is 18.5 Å². The Morgan fingerprint density at radius 2 is 2.00 bits per heavy atom. The first-order valence-electron chi connectivity index (χ1n) is 7.41. The molecule has 1 atom stereocenters. The molecule has 1 aliphatic heterocycles. The van der Waals surface area contributed by atoms with Crippen LogP contribution in [0.25, 0.3) is 6.08 Å². The molecule has 2 rings (SSSR count). The smallest absolute Gasteiger partial charge is 0.326 e. The Hall–Kier alpha value is -2.21. The molecule has 1 fully saturated rings. The molecular weight excluding hydrogens is 320 g/mol. The van der Waals surface area contributed by atoms with E-state index in [1.807, 2.05) is 20.8 Å². The highest BCUT2D eigenvalue weighted by atomic mass is 35.5. The van der Waals surface area contributed by atoms with E-state index in [1.54, 1.807) is 12.1 Å². The second-order valence-electron chi connectivity index (χ2n) is 5.07. The molecule has 23 heavy (non-hydrogen) atoms. The topological polar surface area (TPSA) is 76.7 Å². The van der Waals surface area contributed by atoms with E-state index in [2.05, 4.69) is 10.6 Å². The van der Waals surface area contributed by atoms with Crippen molar-refractivity contribution in [2.24, 2.45) is 0 Å². The van der Waals surface area contributed by atoms with E-state index in [-0.39, 0.29) is 11.8 Å². The monoisotopic (exact) mass is 338 g/mol. The molecule has 0 saturated carbocycles. The van der Waals surface area contributed by atoms with E-state index in [4.69, 9.17) is 21.1 Å². The fourth-order valence-electron chi connectivity index (χ4n) is 1.98. The van der Waals surface area contributed by atoms with Gasteiger partial charge in [-0.15, -0.1) is 0 Å². The molecule has 1 aromatic carbocycles. The first kappa shape index (κ1) is 17.1. The summed E-state index contributed by atoms with van der Waals surface area (Å²) in [7, 11) is 0. The third-order valence-electron chi connectivity index (χ3n) is 3.26. The van der Waals surface area contributed by atoms with Gasteiger partial charge < -0.3 is 14.8 Å². The van der Waals surface area contributed by atoms with Gasteiger partial charge in [-0.3, -0.25) is 10.1 Å². The number of hydrogen-bond donors (Lipinski definition) is 2. The average molecular weight is 339 g/mol. The average Bonchev–Trinajstić information content (AvgIpc) is 2.80. The molecule has 1 saturated heterocycles. The summed E-state index contributed by atoms with van der Waals surface area (Å²) >= 11 is 6.30. The summed E-state index contributed by atoms with van der Waals surface area (Å²) in [6.07, 6.45) is 2.36. The van der Waals surface area contributed by atoms with Gasteiger partial charge >= 0.3 is 6.03 Å². The highest BCUT2D eigenvalue weighted by molar-refractivity contribution is 6.32. The molecule has 0 aliphatic carbocycles. The van der Waals surface area contributed by atoms with Crippen molar-refractivity contribution in [3.05, 3.63) is 28.4 Å². The molecule has 1 heterocycles. The fourth-order valence-corrected chi connectivity index (χ4v) is 2.25. The molecule has 1 aliphatic rings. The van der Waals surface area contributed by atoms with Crippen molar-refractivity contribution in [2.75, 3.05) is 6.61 Å². The number of halogens is 1. The van der Waals surface area contributed by atoms with Crippen LogP contribution in [0, 0.1) is 0 Å². The summed E-state index contributed by atoms with van der Waals surface area (Å²) in [4.78, 5) is 22.7. The van der Waals surface area contributed by atoms with Crippen LogP contribution in [0.5, 0.6) is 11.5 Å². The second-order valence-corrected chi connectivity index (χ2v) is 5.47. The van der Waals surface area contributed by atoms with E-state index >= 15 is 0 Å². The van der Waals surface area contributed by atoms with Gasteiger partial charge in [-0.25, -0.2) is 4.79 Å². The number of benzene rings is 1. The molecule has 124 valence electrons. The number of amides is 3. The fraction of sp³-hybridized carbons (Fsp3) is 0.375. The van der Waals surface area contributed by atoms with Crippen LogP contribution in [0.15, 0.2) is 17.8 Å². The Kier molecular flexibility index (Phi) is 5.50. The highest BCUT2D eigenvalue weighted by Gasteiger charge is 2.23. The zero-order valence-corrected chi connectivity index (χ0v) is 14.0. The van der Waals surface area contributed by atoms with Crippen molar-refractivity contribution in [3.8, 4) is 11.5 Å². The van der Waals surface area contributed by atoms with Crippen LogP contribution in [0.1, 0.15) is 32.8 Å². The van der Waals surface area contributed by atoms with Crippen LogP contribution < -0.4 is 20.1 Å². The minimum absolute atomic E-state index is 0.00388. The third kappa shape index (κ3) is 4.16. The molecule has 0 spiro atoms. The SMILES string of the molecule is CCOc1cc(C=C2NC(=O)NC2=O)cc(Cl)c1OC(C)CC. The molecule has 7 heteroatoms. The maximum Gasteiger partial charge on any atom is 0.326 e. The minimum atomic E-state index is -0.547. The maximum absolute atomic E-state index is 11.6. The van der Waals surface area contributed by atoms with Crippen LogP contribution in [0.4, 0.5) is 4.79 Å². The molecule has 6 nitrogen and oxygen atoms in total. The molecule has 0 aromatic heterocycles. The molecule has 2 N–H and O–H groups in total. The van der Waals surface area contributed by atoms with Gasteiger partial charge in [0.05, 0.1) is 17.7 Å². The standard InChI is InChI=1S/C16H19ClN2O4/c1-4-9(3)23-14-11(17)6-10(8-13(14)22-5-2)7-12-15(20)19-16(21)18-12/h6-9H,4-5H2,1-3H3,(H2,18,19,20,21). The molecule has 1 unspecified atom stereocenters. The third-order valence-corrected chi connectivity index (χ3v) is 3.54. The molecule has 0 radical (unpaired) electrons. The number of urea groups is 1. The lowest BCUT2D eigenvalue weighted by Gasteiger charge is -2.18. The second kappa shape index (κ2) is 7.37. The van der Waals surface area contributed by atoms with Crippen LogP contribution in [0.2, 0.25) is 5.02 Å². The number of carbonyl (C=O) groups excluding carboxylic acids is 2. The molecule has 0 bridgehead atoms. The van der Waals surface area contributed by atoms with Crippen LogP contribution in [-0.2, 0) is 4.79 Å². The number of carbonyl (C=O) groups is 2. The van der Waals surface area contributed by atoms with E-state index in [1.165, 1.54) is 6.08 Å². The predicted molar refractivity (Wildman–Crippen MR) is 87.7 cm³/mol. The van der Waals surface area contributed by atoms with Gasteiger partial charge in [0.2, 0.25) is 0 Å². The number of ether oxygens (including phenoxy) is 2. The van der Waals surface area contributed by atoms with Gasteiger partial charge in [0, 0.05) is 0 Å². The summed E-state index contributed by atoms with van der Waals surface area (Å²) in [6.45, 7) is 6.26. The van der Waals surface area contributed by atoms with Crippen LogP contribution >= 0.6 is 11.6 Å². The Bertz CT molecular complexity index is 658. The summed E-state index contributed by atoms with van der Waals surface area (Å²) in [5.41, 5.74) is 0.784. The van der Waals surface area contributed by atoms with Crippen LogP contribution in [-0.4, -0.2) is 24.6 Å². The molecule has 1 aromatic rings. The van der Waals surface area contributed by atoms with E-state index < -0.39 is 11.9 Å². The summed E-state index contributed by atoms with van der Waals surface area (Å²) < 4.78 is 11.4. The zero-order chi connectivity index (χ0) is 17.0. The first-order valence-corrected chi connectivity index (χ1v) is 7.79. The number of nitrogens with one attached hydrogen (secondary N) is 2. The van der Waals surface area contributed by atoms with E-state index in [0.29, 0.717) is 28.7 Å². The van der Waals surface area contributed by atoms with E-state index in [0.717, 1.165) is 6.42 Å². The van der Waals surface area contributed by atoms with Crippen molar-refractivity contribution in [2.45, 2.75) is 33.3 Å². The van der Waals surface area contributed by atoms with E-state index in [9.17, 15) is 9.59 Å². The Labute approximate surface area is 139 Å². The summed E-state index contributed by atoms with van der Waals surface area (Å²) in [5, 5.41) is 4.95. The number of rotatable bonds is 6. The Morgan fingerprint density at radius 3 is 2.57 bits per heavy atom. The lowest BCUT2D eigenvalue weighted by atomic mass is 10.1. The van der Waals surface area contributed by atoms with Gasteiger partial charge in [-0.05, 0) is 44.0 Å². The van der Waals surface area contributed by atoms with Crippen molar-refractivity contribution in [1.82, 2.24) is 10.6 Å². The normalized spacial score (nSPS) is 17.0. The lowest BCUT2D eigenvalue weighted by molar-refractivity contribution is -0.115. The maximum atomic E-state index is 11.6. The molecular formula is C16H19ClN2O4. The lowest BCUT2D eigenvalue weighted by Crippen LogP contribution is -2.22. The van der Waals surface area contributed by atoms with Gasteiger partial charge in [-0.2, -0.15) is 0 Å².